The Balaban J connectivity index is 1.32. The number of aromatic amines is 1. The lowest BCUT2D eigenvalue weighted by atomic mass is 9.91. The average molecular weight is 675 g/mol. The lowest BCUT2D eigenvalue weighted by Gasteiger charge is -2.35. The van der Waals surface area contributed by atoms with Crippen LogP contribution in [0.1, 0.15) is 79.7 Å². The standard InChI is InChI=1S/C37H47FN6O5/c1-24-29-10-6-11-30(38)34(29)44(17-8-18-48-5)33(24)26-9-7-16-43(22-26)32(45)20-28(42-36(47)49-37(2,3)4)19-25-12-14-27(15-13-25)41-35(46)31-21-39-23-40-31/h6,10-15,21,23,26,28H,7-9,16-20,22H2,1-5H3,(H,39,40)(H,41,46)(H,42,47)/t26?,28-/m1/s1. The normalized spacial score (nSPS) is 15.6. The number of hydrogen-bond acceptors (Lipinski definition) is 6. The summed E-state index contributed by atoms with van der Waals surface area (Å²) in [5.74, 6) is -0.595. The van der Waals surface area contributed by atoms with Crippen LogP contribution in [0.5, 0.6) is 0 Å². The summed E-state index contributed by atoms with van der Waals surface area (Å²) in [6.07, 6.45) is 5.19. The second kappa shape index (κ2) is 15.7. The number of aromatic nitrogens is 3. The monoisotopic (exact) mass is 674 g/mol. The fourth-order valence-corrected chi connectivity index (χ4v) is 6.68. The maximum Gasteiger partial charge on any atom is 0.407 e. The third kappa shape index (κ3) is 9.05. The number of alkyl carbamates (subject to hydrolysis) is 1. The van der Waals surface area contributed by atoms with E-state index in [1.54, 1.807) is 46.1 Å². The summed E-state index contributed by atoms with van der Waals surface area (Å²) in [7, 11) is 1.66. The number of ether oxygens (including phenoxy) is 2. The summed E-state index contributed by atoms with van der Waals surface area (Å²) in [6, 6.07) is 11.9. The molecule has 2 atom stereocenters. The number of amides is 3. The average Bonchev–Trinajstić information content (AvgIpc) is 3.69. The van der Waals surface area contributed by atoms with Gasteiger partial charge in [-0.2, -0.15) is 0 Å². The molecule has 5 rings (SSSR count). The van der Waals surface area contributed by atoms with Crippen molar-refractivity contribution in [2.24, 2.45) is 0 Å². The highest BCUT2D eigenvalue weighted by molar-refractivity contribution is 6.02. The molecule has 2 aromatic heterocycles. The van der Waals surface area contributed by atoms with Crippen LogP contribution in [0.4, 0.5) is 14.9 Å². The summed E-state index contributed by atoms with van der Waals surface area (Å²) in [5, 5.41) is 6.64. The van der Waals surface area contributed by atoms with Gasteiger partial charge in [0, 0.05) is 68.5 Å². The number of carbonyl (C=O) groups excluding carboxylic acids is 3. The smallest absolute Gasteiger partial charge is 0.407 e. The van der Waals surface area contributed by atoms with E-state index in [2.05, 4.69) is 25.2 Å². The van der Waals surface area contributed by atoms with E-state index in [9.17, 15) is 14.4 Å². The highest BCUT2D eigenvalue weighted by Gasteiger charge is 2.31. The molecule has 1 saturated heterocycles. The van der Waals surface area contributed by atoms with Gasteiger partial charge in [0.2, 0.25) is 5.91 Å². The summed E-state index contributed by atoms with van der Waals surface area (Å²) >= 11 is 0. The second-order valence-electron chi connectivity index (χ2n) is 13.7. The number of benzene rings is 2. The van der Waals surface area contributed by atoms with Crippen molar-refractivity contribution in [2.75, 3.05) is 32.1 Å². The Morgan fingerprint density at radius 2 is 1.92 bits per heavy atom. The summed E-state index contributed by atoms with van der Waals surface area (Å²) < 4.78 is 28.1. The number of rotatable bonds is 12. The first-order valence-corrected chi connectivity index (χ1v) is 16.9. The van der Waals surface area contributed by atoms with Crippen LogP contribution in [-0.2, 0) is 27.2 Å². The highest BCUT2D eigenvalue weighted by Crippen LogP contribution is 2.37. The van der Waals surface area contributed by atoms with Crippen LogP contribution in [0.15, 0.2) is 55.0 Å². The third-order valence-corrected chi connectivity index (χ3v) is 8.81. The molecule has 0 saturated carbocycles. The number of methoxy groups -OCH3 is 1. The minimum atomic E-state index is -0.702. The Labute approximate surface area is 286 Å². The fourth-order valence-electron chi connectivity index (χ4n) is 6.68. The van der Waals surface area contributed by atoms with Gasteiger partial charge in [0.25, 0.3) is 5.91 Å². The molecule has 1 unspecified atom stereocenters. The van der Waals surface area contributed by atoms with Gasteiger partial charge in [-0.25, -0.2) is 14.2 Å². The lowest BCUT2D eigenvalue weighted by molar-refractivity contribution is -0.132. The first-order valence-electron chi connectivity index (χ1n) is 16.9. The Bertz CT molecular complexity index is 1750. The van der Waals surface area contributed by atoms with Gasteiger partial charge in [-0.1, -0.05) is 24.3 Å². The van der Waals surface area contributed by atoms with Crippen molar-refractivity contribution in [2.45, 2.75) is 83.9 Å². The van der Waals surface area contributed by atoms with Crippen molar-refractivity contribution in [3.63, 3.8) is 0 Å². The molecule has 0 radical (unpaired) electrons. The number of H-pyrrole nitrogens is 1. The van der Waals surface area contributed by atoms with Crippen molar-refractivity contribution in [3.8, 4) is 0 Å². The molecule has 0 bridgehead atoms. The van der Waals surface area contributed by atoms with Gasteiger partial charge in [0.15, 0.2) is 0 Å². The van der Waals surface area contributed by atoms with Gasteiger partial charge in [0.1, 0.15) is 17.1 Å². The number of piperidine rings is 1. The number of hydrogen-bond donors (Lipinski definition) is 3. The molecule has 3 heterocycles. The van der Waals surface area contributed by atoms with E-state index in [1.807, 2.05) is 30.0 Å². The van der Waals surface area contributed by atoms with Crippen LogP contribution in [-0.4, -0.2) is 75.8 Å². The molecular weight excluding hydrogens is 627 g/mol. The maximum atomic E-state index is 15.2. The minimum Gasteiger partial charge on any atom is -0.444 e. The molecule has 0 aliphatic carbocycles. The zero-order valence-corrected chi connectivity index (χ0v) is 29.0. The molecule has 1 aliphatic rings. The van der Waals surface area contributed by atoms with Crippen LogP contribution in [0.25, 0.3) is 10.9 Å². The molecule has 3 amide bonds. The van der Waals surface area contributed by atoms with Crippen molar-refractivity contribution >= 4 is 34.5 Å². The molecule has 4 aromatic rings. The molecule has 0 spiro atoms. The van der Waals surface area contributed by atoms with Crippen molar-refractivity contribution in [1.82, 2.24) is 24.8 Å². The number of aryl methyl sites for hydroxylation is 2. The van der Waals surface area contributed by atoms with Crippen LogP contribution < -0.4 is 10.6 Å². The third-order valence-electron chi connectivity index (χ3n) is 8.81. The van der Waals surface area contributed by atoms with Crippen LogP contribution in [0.2, 0.25) is 0 Å². The second-order valence-corrected chi connectivity index (χ2v) is 13.7. The van der Waals surface area contributed by atoms with Crippen molar-refractivity contribution < 1.29 is 28.2 Å². The Morgan fingerprint density at radius 3 is 2.61 bits per heavy atom. The van der Waals surface area contributed by atoms with Crippen LogP contribution in [0, 0.1) is 12.7 Å². The summed E-state index contributed by atoms with van der Waals surface area (Å²) in [5.41, 5.74) is 3.83. The van der Waals surface area contributed by atoms with Crippen LogP contribution >= 0.6 is 0 Å². The molecule has 1 aliphatic heterocycles. The summed E-state index contributed by atoms with van der Waals surface area (Å²) in [6.45, 7) is 9.71. The van der Waals surface area contributed by atoms with Crippen LogP contribution in [0.3, 0.4) is 0 Å². The number of nitrogens with zero attached hydrogens (tertiary/aromatic N) is 3. The van der Waals surface area contributed by atoms with E-state index in [-0.39, 0.29) is 30.0 Å². The SMILES string of the molecule is COCCCn1c(C2CCCN(C(=O)C[C@@H](Cc3ccc(NC(=O)c4cnc[nH]4)cc3)NC(=O)OC(C)(C)C)C2)c(C)c2cccc(F)c21. The van der Waals surface area contributed by atoms with E-state index in [4.69, 9.17) is 9.47 Å². The van der Waals surface area contributed by atoms with E-state index >= 15 is 4.39 Å². The zero-order chi connectivity index (χ0) is 35.1. The zero-order valence-electron chi connectivity index (χ0n) is 29.0. The minimum absolute atomic E-state index is 0.0359. The van der Waals surface area contributed by atoms with Gasteiger partial charge in [-0.15, -0.1) is 0 Å². The highest BCUT2D eigenvalue weighted by atomic mass is 19.1. The predicted octanol–water partition coefficient (Wildman–Crippen LogP) is 6.33. The quantitative estimate of drug-likeness (QED) is 0.151. The summed E-state index contributed by atoms with van der Waals surface area (Å²) in [4.78, 5) is 47.7. The molecule has 3 N–H and O–H groups in total. The molecule has 1 fully saturated rings. The van der Waals surface area contributed by atoms with Gasteiger partial charge in [0.05, 0.1) is 18.0 Å². The number of fused-ring (bicyclic) bond motifs is 1. The van der Waals surface area contributed by atoms with E-state index in [1.165, 1.54) is 18.6 Å². The number of anilines is 1. The number of halogens is 1. The van der Waals surface area contributed by atoms with Gasteiger partial charge < -0.3 is 34.6 Å². The maximum absolute atomic E-state index is 15.2. The topological polar surface area (TPSA) is 131 Å². The number of carbonyl (C=O) groups is 3. The molecular formula is C37H47FN6O5. The first kappa shape index (κ1) is 35.6. The molecule has 11 nitrogen and oxygen atoms in total. The molecule has 12 heteroatoms. The first-order chi connectivity index (χ1) is 23.4. The van der Waals surface area contributed by atoms with E-state index in [0.717, 1.165) is 41.5 Å². The van der Waals surface area contributed by atoms with Gasteiger partial charge in [-0.05, 0) is 82.7 Å². The van der Waals surface area contributed by atoms with Gasteiger partial charge >= 0.3 is 6.09 Å². The van der Waals surface area contributed by atoms with Crippen molar-refractivity contribution in [1.29, 1.82) is 0 Å². The van der Waals surface area contributed by atoms with Gasteiger partial charge in [-0.3, -0.25) is 9.59 Å². The Morgan fingerprint density at radius 1 is 1.14 bits per heavy atom. The number of nitrogens with one attached hydrogen (secondary N) is 3. The van der Waals surface area contributed by atoms with Crippen molar-refractivity contribution in [3.05, 3.63) is 83.3 Å². The molecule has 262 valence electrons. The molecule has 2 aromatic carbocycles. The molecule has 49 heavy (non-hydrogen) atoms. The largest absolute Gasteiger partial charge is 0.444 e. The Kier molecular flexibility index (Phi) is 11.4. The number of para-hydroxylation sites is 1. The number of likely N-dealkylation sites (tertiary alicyclic amines) is 1. The van der Waals surface area contributed by atoms with E-state index in [0.29, 0.717) is 49.6 Å². The lowest BCUT2D eigenvalue weighted by Crippen LogP contribution is -2.46. The number of imidazole rings is 1. The predicted molar refractivity (Wildman–Crippen MR) is 186 cm³/mol. The van der Waals surface area contributed by atoms with E-state index < -0.39 is 17.7 Å². The Hall–Kier alpha value is -4.71. The fraction of sp³-hybridized carbons (Fsp3) is 0.459.